The number of carbonyl (C=O) groups is 1. The molecule has 1 aliphatic heterocycles. The molecule has 154 valence electrons. The molecule has 26 heavy (non-hydrogen) atoms. The third kappa shape index (κ3) is 5.45. The maximum Gasteiger partial charge on any atom is 0.383 e. The molecule has 0 radical (unpaired) electrons. The highest BCUT2D eigenvalue weighted by atomic mass is 17.5. The number of unbranched alkanes of at least 4 members (excludes halogenated alkanes) is 5. The second-order valence-corrected chi connectivity index (χ2v) is 9.91. The number of hydrogen-bond acceptors (Lipinski definition) is 4. The second-order valence-electron chi connectivity index (χ2n) is 9.91. The lowest BCUT2D eigenvalue weighted by Gasteiger charge is -2.51. The van der Waals surface area contributed by atoms with E-state index >= 15 is 0 Å². The fourth-order valence-electron chi connectivity index (χ4n) is 4.53. The predicted molar refractivity (Wildman–Crippen MR) is 105 cm³/mol. The zero-order valence-corrected chi connectivity index (χ0v) is 18.5. The summed E-state index contributed by atoms with van der Waals surface area (Å²) in [6, 6.07) is 0. The van der Waals surface area contributed by atoms with Crippen LogP contribution >= 0.6 is 0 Å². The van der Waals surface area contributed by atoms with Crippen molar-refractivity contribution in [3.05, 3.63) is 0 Å². The van der Waals surface area contributed by atoms with Gasteiger partial charge in [-0.15, -0.1) is 0 Å². The van der Waals surface area contributed by atoms with Gasteiger partial charge in [0.05, 0.1) is 5.41 Å². The van der Waals surface area contributed by atoms with Crippen molar-refractivity contribution >= 4 is 5.97 Å². The molecule has 1 rings (SSSR count). The summed E-state index contributed by atoms with van der Waals surface area (Å²) in [5, 5.41) is 0. The molecular weight excluding hydrogens is 328 g/mol. The normalized spacial score (nSPS) is 17.2. The van der Waals surface area contributed by atoms with Gasteiger partial charge in [-0.3, -0.25) is 4.79 Å². The Morgan fingerprint density at radius 1 is 0.808 bits per heavy atom. The molecule has 0 saturated carbocycles. The standard InChI is InChI=1S/C22H42O4/c1-9-11-12-13-14-15-17-22(25-26-22)24-18(23)21(16-10-2,19(3,4)5)20(6,7)8/h9-17H2,1-8H3. The van der Waals surface area contributed by atoms with E-state index in [1.54, 1.807) is 0 Å². The highest BCUT2D eigenvalue weighted by Gasteiger charge is 2.61. The first-order chi connectivity index (χ1) is 12.0. The van der Waals surface area contributed by atoms with E-state index < -0.39 is 11.4 Å². The third-order valence-corrected chi connectivity index (χ3v) is 5.89. The molecule has 0 aliphatic carbocycles. The summed E-state index contributed by atoms with van der Waals surface area (Å²) >= 11 is 0. The van der Waals surface area contributed by atoms with E-state index in [4.69, 9.17) is 14.5 Å². The molecule has 0 aromatic heterocycles. The zero-order chi connectivity index (χ0) is 20.1. The molecule has 0 bridgehead atoms. The molecule has 0 aromatic rings. The van der Waals surface area contributed by atoms with E-state index in [1.165, 1.54) is 25.7 Å². The Kier molecular flexibility index (Phi) is 8.16. The van der Waals surface area contributed by atoms with E-state index in [0.29, 0.717) is 6.42 Å². The Bertz CT molecular complexity index is 424. The van der Waals surface area contributed by atoms with Crippen molar-refractivity contribution in [2.24, 2.45) is 16.2 Å². The number of carbonyl (C=O) groups excluding carboxylic acids is 1. The van der Waals surface area contributed by atoms with Gasteiger partial charge in [-0.1, -0.05) is 93.9 Å². The van der Waals surface area contributed by atoms with E-state index in [0.717, 1.165) is 25.7 Å². The van der Waals surface area contributed by atoms with Gasteiger partial charge in [-0.2, -0.15) is 9.78 Å². The summed E-state index contributed by atoms with van der Waals surface area (Å²) in [6.45, 7) is 17.1. The van der Waals surface area contributed by atoms with Crippen molar-refractivity contribution in [3.63, 3.8) is 0 Å². The third-order valence-electron chi connectivity index (χ3n) is 5.89. The van der Waals surface area contributed by atoms with Gasteiger partial charge < -0.3 is 4.74 Å². The number of hydrogen-bond donors (Lipinski definition) is 0. The Morgan fingerprint density at radius 2 is 1.31 bits per heavy atom. The maximum atomic E-state index is 13.4. The van der Waals surface area contributed by atoms with E-state index in [1.807, 2.05) is 0 Å². The molecule has 0 amide bonds. The van der Waals surface area contributed by atoms with Crippen LogP contribution in [0.1, 0.15) is 113 Å². The molecule has 1 fully saturated rings. The minimum atomic E-state index is -1.14. The summed E-state index contributed by atoms with van der Waals surface area (Å²) in [5.74, 6) is -1.33. The number of rotatable bonds is 11. The van der Waals surface area contributed by atoms with Crippen molar-refractivity contribution in [2.75, 3.05) is 0 Å². The minimum absolute atomic E-state index is 0.192. The van der Waals surface area contributed by atoms with Crippen LogP contribution in [-0.2, 0) is 19.3 Å². The first-order valence-electron chi connectivity index (χ1n) is 10.6. The fraction of sp³-hybridized carbons (Fsp3) is 0.955. The quantitative estimate of drug-likeness (QED) is 0.174. The summed E-state index contributed by atoms with van der Waals surface area (Å²) in [7, 11) is 0. The first kappa shape index (κ1) is 23.4. The van der Waals surface area contributed by atoms with Gasteiger partial charge in [-0.25, -0.2) is 0 Å². The van der Waals surface area contributed by atoms with Crippen LogP contribution in [0.15, 0.2) is 0 Å². The Morgan fingerprint density at radius 3 is 1.73 bits per heavy atom. The van der Waals surface area contributed by atoms with Crippen molar-refractivity contribution in [1.29, 1.82) is 0 Å². The molecule has 1 aliphatic rings. The molecule has 4 nitrogen and oxygen atoms in total. The van der Waals surface area contributed by atoms with Gasteiger partial charge in [0.2, 0.25) is 0 Å². The molecule has 4 heteroatoms. The van der Waals surface area contributed by atoms with Crippen molar-refractivity contribution < 1.29 is 19.3 Å². The van der Waals surface area contributed by atoms with Crippen molar-refractivity contribution in [3.8, 4) is 0 Å². The Labute approximate surface area is 161 Å². The molecule has 1 saturated heterocycles. The first-order valence-corrected chi connectivity index (χ1v) is 10.6. The summed E-state index contributed by atoms with van der Waals surface area (Å²) in [4.78, 5) is 23.7. The molecular formula is C22H42O4. The van der Waals surface area contributed by atoms with Gasteiger partial charge in [0.25, 0.3) is 0 Å². The molecule has 0 aromatic carbocycles. The summed E-state index contributed by atoms with van der Waals surface area (Å²) < 4.78 is 5.86. The lowest BCUT2D eigenvalue weighted by atomic mass is 9.52. The van der Waals surface area contributed by atoms with Gasteiger partial charge in [0.1, 0.15) is 0 Å². The average Bonchev–Trinajstić information content (AvgIpc) is 3.25. The van der Waals surface area contributed by atoms with E-state index in [9.17, 15) is 4.79 Å². The van der Waals surface area contributed by atoms with Crippen LogP contribution in [0.25, 0.3) is 0 Å². The Balaban J connectivity index is 2.78. The van der Waals surface area contributed by atoms with E-state index in [-0.39, 0.29) is 16.8 Å². The van der Waals surface area contributed by atoms with Gasteiger partial charge in [-0.05, 0) is 23.7 Å². The Hall–Kier alpha value is -0.610. The highest BCUT2D eigenvalue weighted by molar-refractivity contribution is 5.79. The van der Waals surface area contributed by atoms with Crippen LogP contribution in [-0.4, -0.2) is 11.9 Å². The highest BCUT2D eigenvalue weighted by Crippen LogP contribution is 2.56. The van der Waals surface area contributed by atoms with Crippen LogP contribution in [0, 0.1) is 16.2 Å². The minimum Gasteiger partial charge on any atom is -0.404 e. The number of ether oxygens (including phenoxy) is 1. The molecule has 0 unspecified atom stereocenters. The fourth-order valence-corrected chi connectivity index (χ4v) is 4.53. The average molecular weight is 371 g/mol. The van der Waals surface area contributed by atoms with Gasteiger partial charge in [0, 0.05) is 6.42 Å². The van der Waals surface area contributed by atoms with Crippen LogP contribution in [0.4, 0.5) is 0 Å². The topological polar surface area (TPSA) is 51.4 Å². The number of esters is 1. The summed E-state index contributed by atoms with van der Waals surface area (Å²) in [6.07, 6.45) is 9.38. The van der Waals surface area contributed by atoms with Gasteiger partial charge in [0.15, 0.2) is 0 Å². The van der Waals surface area contributed by atoms with Crippen molar-refractivity contribution in [1.82, 2.24) is 0 Å². The van der Waals surface area contributed by atoms with E-state index in [2.05, 4.69) is 55.4 Å². The molecule has 0 spiro atoms. The molecule has 0 atom stereocenters. The summed E-state index contributed by atoms with van der Waals surface area (Å²) in [5.41, 5.74) is -1.05. The lowest BCUT2D eigenvalue weighted by molar-refractivity contribution is -0.195. The smallest absolute Gasteiger partial charge is 0.383 e. The van der Waals surface area contributed by atoms with Crippen molar-refractivity contribution in [2.45, 2.75) is 119 Å². The second kappa shape index (κ2) is 9.05. The predicted octanol–water partition coefficient (Wildman–Crippen LogP) is 6.77. The molecule has 0 N–H and O–H groups in total. The monoisotopic (exact) mass is 370 g/mol. The SMILES string of the molecule is CCCCCCCCC1(OC(=O)C(CCC)(C(C)(C)C)C(C)(C)C)OO1. The van der Waals surface area contributed by atoms with Crippen LogP contribution < -0.4 is 0 Å². The lowest BCUT2D eigenvalue weighted by Crippen LogP contribution is -2.54. The molecule has 1 heterocycles. The van der Waals surface area contributed by atoms with Gasteiger partial charge >= 0.3 is 11.9 Å². The largest absolute Gasteiger partial charge is 0.404 e. The van der Waals surface area contributed by atoms with Crippen LogP contribution in [0.3, 0.4) is 0 Å². The zero-order valence-electron chi connectivity index (χ0n) is 18.5. The van der Waals surface area contributed by atoms with Crippen LogP contribution in [0.5, 0.6) is 0 Å². The maximum absolute atomic E-state index is 13.4. The van der Waals surface area contributed by atoms with Crippen LogP contribution in [0.2, 0.25) is 0 Å².